The van der Waals surface area contributed by atoms with Gasteiger partial charge in [0.25, 0.3) is 0 Å². The molecule has 8 heteroatoms. The molecule has 3 rings (SSSR count). The predicted octanol–water partition coefficient (Wildman–Crippen LogP) is 3.30. The molecule has 0 saturated heterocycles. The van der Waals surface area contributed by atoms with Crippen LogP contribution in [-0.2, 0) is 19.6 Å². The number of H-pyrrole nitrogens is 1. The van der Waals surface area contributed by atoms with Crippen LogP contribution in [-0.4, -0.2) is 16.1 Å². The van der Waals surface area contributed by atoms with E-state index in [1.54, 1.807) is 12.1 Å². The van der Waals surface area contributed by atoms with Gasteiger partial charge in [0.15, 0.2) is 6.39 Å². The van der Waals surface area contributed by atoms with Crippen molar-refractivity contribution in [3.05, 3.63) is 47.8 Å². The average molecular weight is 325 g/mol. The van der Waals surface area contributed by atoms with Crippen LogP contribution >= 0.6 is 0 Å². The van der Waals surface area contributed by atoms with Crippen molar-refractivity contribution in [2.45, 2.75) is 25.7 Å². The second-order valence-electron chi connectivity index (χ2n) is 5.11. The molecular weight excluding hydrogens is 311 g/mol. The summed E-state index contributed by atoms with van der Waals surface area (Å²) in [5, 5.41) is 0.665. The molecule has 2 aromatic heterocycles. The fraction of sp³-hybridized carbons (Fsp3) is 0.267. The second kappa shape index (κ2) is 5.96. The van der Waals surface area contributed by atoms with E-state index in [9.17, 15) is 13.2 Å². The number of benzene rings is 1. The Morgan fingerprint density at radius 2 is 2.09 bits per heavy atom. The summed E-state index contributed by atoms with van der Waals surface area (Å²) in [7, 11) is 0. The number of alkyl halides is 3. The minimum absolute atomic E-state index is 0.0251. The van der Waals surface area contributed by atoms with Crippen molar-refractivity contribution in [2.75, 3.05) is 0 Å². The van der Waals surface area contributed by atoms with Crippen LogP contribution in [0.1, 0.15) is 17.0 Å². The molecule has 0 unspecified atom stereocenters. The normalized spacial score (nSPS) is 12.0. The average Bonchev–Trinajstić information content (AvgIpc) is 3.11. The lowest BCUT2D eigenvalue weighted by atomic mass is 10.1. The lowest BCUT2D eigenvalue weighted by molar-refractivity contribution is -0.127. The van der Waals surface area contributed by atoms with Gasteiger partial charge in [-0.2, -0.15) is 13.2 Å². The highest BCUT2D eigenvalue weighted by molar-refractivity contribution is 5.83. The number of rotatable bonds is 5. The molecule has 1 aromatic carbocycles. The van der Waals surface area contributed by atoms with Gasteiger partial charge in [0.1, 0.15) is 24.3 Å². The topological polar surface area (TPSA) is 77.1 Å². The third-order valence-corrected chi connectivity index (χ3v) is 3.33. The lowest BCUT2D eigenvalue weighted by Crippen LogP contribution is -2.12. The summed E-state index contributed by atoms with van der Waals surface area (Å²) < 4.78 is 48.7. The van der Waals surface area contributed by atoms with Gasteiger partial charge >= 0.3 is 6.18 Å². The van der Waals surface area contributed by atoms with E-state index in [1.165, 1.54) is 18.7 Å². The van der Waals surface area contributed by atoms with E-state index < -0.39 is 12.6 Å². The third-order valence-electron chi connectivity index (χ3n) is 3.33. The number of oxazole rings is 1. The zero-order valence-electron chi connectivity index (χ0n) is 12.0. The van der Waals surface area contributed by atoms with Crippen LogP contribution < -0.4 is 10.5 Å². The molecule has 0 fully saturated rings. The first-order valence-corrected chi connectivity index (χ1v) is 6.86. The molecule has 0 atom stereocenters. The highest BCUT2D eigenvalue weighted by Gasteiger charge is 2.29. The number of nitrogens with one attached hydrogen (secondary N) is 1. The first-order valence-electron chi connectivity index (χ1n) is 6.86. The summed E-state index contributed by atoms with van der Waals surface area (Å²) in [4.78, 5) is 6.93. The fourth-order valence-corrected chi connectivity index (χ4v) is 2.33. The third kappa shape index (κ3) is 3.65. The van der Waals surface area contributed by atoms with Gasteiger partial charge in [-0.1, -0.05) is 0 Å². The van der Waals surface area contributed by atoms with Gasteiger partial charge in [0.05, 0.1) is 6.42 Å². The van der Waals surface area contributed by atoms with Crippen LogP contribution in [0.2, 0.25) is 0 Å². The van der Waals surface area contributed by atoms with E-state index in [4.69, 9.17) is 14.9 Å². The second-order valence-corrected chi connectivity index (χ2v) is 5.11. The Kier molecular flexibility index (Phi) is 3.99. The molecule has 3 aromatic rings. The van der Waals surface area contributed by atoms with Crippen molar-refractivity contribution in [3.63, 3.8) is 0 Å². The molecule has 0 spiro atoms. The number of hydrogen-bond donors (Lipinski definition) is 2. The number of ether oxygens (including phenoxy) is 1. The van der Waals surface area contributed by atoms with Crippen LogP contribution in [0.15, 0.2) is 35.3 Å². The molecular formula is C15H14F3N3O2. The summed E-state index contributed by atoms with van der Waals surface area (Å²) >= 11 is 0. The van der Waals surface area contributed by atoms with Gasteiger partial charge in [-0.3, -0.25) is 0 Å². The zero-order valence-corrected chi connectivity index (χ0v) is 12.0. The molecule has 122 valence electrons. The Hall–Kier alpha value is -2.48. The lowest BCUT2D eigenvalue weighted by Gasteiger charge is -2.13. The van der Waals surface area contributed by atoms with Gasteiger partial charge in [0.2, 0.25) is 0 Å². The highest BCUT2D eigenvalue weighted by atomic mass is 19.4. The van der Waals surface area contributed by atoms with E-state index in [0.717, 1.165) is 5.69 Å². The SMILES string of the molecule is NCc1cc2cc(CC(F)(F)F)c(OCc3cocn3)cc2[nH]1. The summed E-state index contributed by atoms with van der Waals surface area (Å²) in [6.45, 7) is 0.301. The number of aromatic amines is 1. The van der Waals surface area contributed by atoms with E-state index in [2.05, 4.69) is 9.97 Å². The number of aromatic nitrogens is 2. The van der Waals surface area contributed by atoms with Gasteiger partial charge in [-0.25, -0.2) is 4.98 Å². The minimum Gasteiger partial charge on any atom is -0.487 e. The molecule has 3 N–H and O–H groups in total. The van der Waals surface area contributed by atoms with Crippen molar-refractivity contribution in [2.24, 2.45) is 5.73 Å². The van der Waals surface area contributed by atoms with E-state index >= 15 is 0 Å². The van der Waals surface area contributed by atoms with Gasteiger partial charge in [-0.15, -0.1) is 0 Å². The minimum atomic E-state index is -4.33. The highest BCUT2D eigenvalue weighted by Crippen LogP contribution is 2.32. The zero-order chi connectivity index (χ0) is 16.4. The van der Waals surface area contributed by atoms with Crippen LogP contribution in [0.5, 0.6) is 5.75 Å². The maximum atomic E-state index is 12.8. The largest absolute Gasteiger partial charge is 0.487 e. The number of halogens is 3. The standard InChI is InChI=1S/C15H14F3N3O2/c16-15(17,18)4-10-1-9-2-11(5-19)21-13(9)3-14(10)23-7-12-6-22-8-20-12/h1-3,6,8,21H,4-5,7,19H2. The molecule has 0 bridgehead atoms. The Bertz CT molecular complexity index is 794. The molecule has 0 saturated carbocycles. The first-order chi connectivity index (χ1) is 10.9. The molecule has 0 aliphatic heterocycles. The first kappa shape index (κ1) is 15.4. The maximum Gasteiger partial charge on any atom is 0.393 e. The number of fused-ring (bicyclic) bond motifs is 1. The van der Waals surface area contributed by atoms with Crippen molar-refractivity contribution < 1.29 is 22.3 Å². The van der Waals surface area contributed by atoms with Crippen molar-refractivity contribution in [1.82, 2.24) is 9.97 Å². The quantitative estimate of drug-likeness (QED) is 0.754. The molecule has 0 aliphatic carbocycles. The maximum absolute atomic E-state index is 12.8. The molecule has 23 heavy (non-hydrogen) atoms. The number of nitrogens with two attached hydrogens (primary N) is 1. The fourth-order valence-electron chi connectivity index (χ4n) is 2.33. The Morgan fingerprint density at radius 1 is 1.26 bits per heavy atom. The number of nitrogens with zero attached hydrogens (tertiary/aromatic N) is 1. The van der Waals surface area contributed by atoms with E-state index in [1.807, 2.05) is 0 Å². The van der Waals surface area contributed by atoms with Crippen LogP contribution in [0.3, 0.4) is 0 Å². The Labute approximate surface area is 129 Å². The van der Waals surface area contributed by atoms with Crippen LogP contribution in [0.25, 0.3) is 10.9 Å². The van der Waals surface area contributed by atoms with Gasteiger partial charge < -0.3 is 19.9 Å². The molecule has 0 amide bonds. The number of hydrogen-bond acceptors (Lipinski definition) is 4. The summed E-state index contributed by atoms with van der Waals surface area (Å²) in [5.74, 6) is 0.156. The summed E-state index contributed by atoms with van der Waals surface area (Å²) in [6.07, 6.45) is -2.78. The van der Waals surface area contributed by atoms with Crippen molar-refractivity contribution in [3.8, 4) is 5.75 Å². The summed E-state index contributed by atoms with van der Waals surface area (Å²) in [6, 6.07) is 4.75. The molecule has 0 aliphatic rings. The van der Waals surface area contributed by atoms with Crippen molar-refractivity contribution >= 4 is 10.9 Å². The molecule has 5 nitrogen and oxygen atoms in total. The van der Waals surface area contributed by atoms with Gasteiger partial charge in [0, 0.05) is 34.8 Å². The predicted molar refractivity (Wildman–Crippen MR) is 76.8 cm³/mol. The van der Waals surface area contributed by atoms with Gasteiger partial charge in [-0.05, 0) is 12.1 Å². The Morgan fingerprint density at radius 3 is 2.74 bits per heavy atom. The van der Waals surface area contributed by atoms with E-state index in [0.29, 0.717) is 16.6 Å². The Balaban J connectivity index is 1.95. The monoisotopic (exact) mass is 325 g/mol. The van der Waals surface area contributed by atoms with E-state index in [-0.39, 0.29) is 24.5 Å². The molecule has 0 radical (unpaired) electrons. The smallest absolute Gasteiger partial charge is 0.393 e. The van der Waals surface area contributed by atoms with Crippen LogP contribution in [0, 0.1) is 0 Å². The summed E-state index contributed by atoms with van der Waals surface area (Å²) in [5.41, 5.74) is 7.53. The van der Waals surface area contributed by atoms with Crippen LogP contribution in [0.4, 0.5) is 13.2 Å². The van der Waals surface area contributed by atoms with Crippen molar-refractivity contribution in [1.29, 1.82) is 0 Å². The molecule has 2 heterocycles.